The summed E-state index contributed by atoms with van der Waals surface area (Å²) < 4.78 is 0. The average molecular weight is 155 g/mol. The van der Waals surface area contributed by atoms with Crippen LogP contribution in [0.5, 0.6) is 0 Å². The Bertz CT molecular complexity index is 107. The van der Waals surface area contributed by atoms with Crippen LogP contribution in [0.25, 0.3) is 0 Å². The Hall–Kier alpha value is -0.0400. The van der Waals surface area contributed by atoms with Gasteiger partial charge in [0.25, 0.3) is 0 Å². The highest BCUT2D eigenvalue weighted by molar-refractivity contribution is 4.75. The molecule has 0 amide bonds. The SMILES string of the molecule is CC(C)CC1CCNC(C)C1. The van der Waals surface area contributed by atoms with Crippen molar-refractivity contribution in [2.24, 2.45) is 11.8 Å². The summed E-state index contributed by atoms with van der Waals surface area (Å²) in [7, 11) is 0. The van der Waals surface area contributed by atoms with Crippen molar-refractivity contribution in [2.45, 2.75) is 46.1 Å². The van der Waals surface area contributed by atoms with E-state index >= 15 is 0 Å². The van der Waals surface area contributed by atoms with Crippen molar-refractivity contribution in [1.29, 1.82) is 0 Å². The molecule has 0 spiro atoms. The zero-order valence-electron chi connectivity index (χ0n) is 8.06. The fourth-order valence-corrected chi connectivity index (χ4v) is 2.12. The number of rotatable bonds is 2. The Morgan fingerprint density at radius 2 is 2.18 bits per heavy atom. The minimum Gasteiger partial charge on any atom is -0.314 e. The van der Waals surface area contributed by atoms with Gasteiger partial charge in [0.15, 0.2) is 0 Å². The summed E-state index contributed by atoms with van der Waals surface area (Å²) in [6.45, 7) is 8.18. The minimum absolute atomic E-state index is 0.757. The highest BCUT2D eigenvalue weighted by Crippen LogP contribution is 2.23. The summed E-state index contributed by atoms with van der Waals surface area (Å²) in [5, 5.41) is 3.49. The van der Waals surface area contributed by atoms with Crippen LogP contribution in [0.1, 0.15) is 40.0 Å². The van der Waals surface area contributed by atoms with Gasteiger partial charge in [-0.2, -0.15) is 0 Å². The van der Waals surface area contributed by atoms with Gasteiger partial charge in [0.2, 0.25) is 0 Å². The minimum atomic E-state index is 0.757. The standard InChI is InChI=1S/C10H21N/c1-8(2)6-10-4-5-11-9(3)7-10/h8-11H,4-7H2,1-3H3. The zero-order valence-corrected chi connectivity index (χ0v) is 8.06. The van der Waals surface area contributed by atoms with Crippen molar-refractivity contribution in [3.05, 3.63) is 0 Å². The van der Waals surface area contributed by atoms with Crippen LogP contribution in [0.3, 0.4) is 0 Å². The molecule has 0 bridgehead atoms. The zero-order chi connectivity index (χ0) is 8.27. The predicted molar refractivity (Wildman–Crippen MR) is 49.6 cm³/mol. The molecule has 66 valence electrons. The van der Waals surface area contributed by atoms with Gasteiger partial charge in [0, 0.05) is 6.04 Å². The van der Waals surface area contributed by atoms with Gasteiger partial charge in [0.1, 0.15) is 0 Å². The molecule has 0 aliphatic carbocycles. The van der Waals surface area contributed by atoms with Crippen molar-refractivity contribution in [3.63, 3.8) is 0 Å². The van der Waals surface area contributed by atoms with Gasteiger partial charge < -0.3 is 5.32 Å². The number of nitrogens with one attached hydrogen (secondary N) is 1. The lowest BCUT2D eigenvalue weighted by Crippen LogP contribution is -2.36. The second-order valence-corrected chi connectivity index (χ2v) is 4.38. The molecule has 0 radical (unpaired) electrons. The maximum Gasteiger partial charge on any atom is 0.00413 e. The van der Waals surface area contributed by atoms with Crippen LogP contribution in [0.2, 0.25) is 0 Å². The third-order valence-electron chi connectivity index (χ3n) is 2.54. The first-order valence-corrected chi connectivity index (χ1v) is 4.92. The largest absolute Gasteiger partial charge is 0.314 e. The van der Waals surface area contributed by atoms with Gasteiger partial charge in [-0.1, -0.05) is 13.8 Å². The lowest BCUT2D eigenvalue weighted by Gasteiger charge is -2.28. The third-order valence-corrected chi connectivity index (χ3v) is 2.54. The highest BCUT2D eigenvalue weighted by atomic mass is 14.9. The predicted octanol–water partition coefficient (Wildman–Crippen LogP) is 2.42. The van der Waals surface area contributed by atoms with Crippen LogP contribution in [0.15, 0.2) is 0 Å². The fraction of sp³-hybridized carbons (Fsp3) is 1.00. The van der Waals surface area contributed by atoms with Crippen molar-refractivity contribution in [3.8, 4) is 0 Å². The van der Waals surface area contributed by atoms with Gasteiger partial charge in [-0.3, -0.25) is 0 Å². The molecule has 0 aromatic heterocycles. The summed E-state index contributed by atoms with van der Waals surface area (Å²) in [4.78, 5) is 0. The van der Waals surface area contributed by atoms with Crippen LogP contribution >= 0.6 is 0 Å². The van der Waals surface area contributed by atoms with Gasteiger partial charge in [-0.15, -0.1) is 0 Å². The molecule has 0 saturated carbocycles. The van der Waals surface area contributed by atoms with Gasteiger partial charge in [0.05, 0.1) is 0 Å². The van der Waals surface area contributed by atoms with Crippen LogP contribution in [-0.4, -0.2) is 12.6 Å². The second-order valence-electron chi connectivity index (χ2n) is 4.38. The first-order valence-electron chi connectivity index (χ1n) is 4.92. The first-order chi connectivity index (χ1) is 5.18. The molecule has 2 unspecified atom stereocenters. The molecular weight excluding hydrogens is 134 g/mol. The van der Waals surface area contributed by atoms with E-state index < -0.39 is 0 Å². The molecule has 1 aliphatic rings. The van der Waals surface area contributed by atoms with E-state index in [2.05, 4.69) is 26.1 Å². The van der Waals surface area contributed by atoms with Crippen LogP contribution in [0.4, 0.5) is 0 Å². The summed E-state index contributed by atoms with van der Waals surface area (Å²) in [5.74, 6) is 1.87. The molecule has 1 heterocycles. The quantitative estimate of drug-likeness (QED) is 0.645. The normalized spacial score (nSPS) is 32.7. The summed E-state index contributed by atoms with van der Waals surface area (Å²) in [6, 6.07) is 0.757. The Labute approximate surface area is 70.6 Å². The fourth-order valence-electron chi connectivity index (χ4n) is 2.12. The molecule has 0 aromatic carbocycles. The Balaban J connectivity index is 2.23. The van der Waals surface area contributed by atoms with E-state index in [1.807, 2.05) is 0 Å². The summed E-state index contributed by atoms with van der Waals surface area (Å²) in [5.41, 5.74) is 0. The lowest BCUT2D eigenvalue weighted by atomic mass is 9.86. The van der Waals surface area contributed by atoms with Crippen LogP contribution in [0, 0.1) is 11.8 Å². The first kappa shape index (κ1) is 9.05. The molecule has 1 N–H and O–H groups in total. The molecule has 0 aromatic rings. The molecular formula is C10H21N. The maximum absolute atomic E-state index is 3.49. The van der Waals surface area contributed by atoms with E-state index in [9.17, 15) is 0 Å². The highest BCUT2D eigenvalue weighted by Gasteiger charge is 2.18. The van der Waals surface area contributed by atoms with Crippen LogP contribution in [-0.2, 0) is 0 Å². The topological polar surface area (TPSA) is 12.0 Å². The number of piperidine rings is 1. The van der Waals surface area contributed by atoms with E-state index in [-0.39, 0.29) is 0 Å². The Kier molecular flexibility index (Phi) is 3.38. The molecule has 1 aliphatic heterocycles. The smallest absolute Gasteiger partial charge is 0.00413 e. The lowest BCUT2D eigenvalue weighted by molar-refractivity contribution is 0.275. The van der Waals surface area contributed by atoms with E-state index in [4.69, 9.17) is 0 Å². The average Bonchev–Trinajstić information content (AvgIpc) is 1.85. The second kappa shape index (κ2) is 4.10. The Morgan fingerprint density at radius 3 is 2.73 bits per heavy atom. The van der Waals surface area contributed by atoms with Crippen molar-refractivity contribution in [1.82, 2.24) is 5.32 Å². The van der Waals surface area contributed by atoms with Crippen LogP contribution < -0.4 is 5.32 Å². The molecule has 1 heteroatoms. The molecule has 11 heavy (non-hydrogen) atoms. The van der Waals surface area contributed by atoms with Gasteiger partial charge >= 0.3 is 0 Å². The molecule has 1 saturated heterocycles. The third kappa shape index (κ3) is 3.24. The van der Waals surface area contributed by atoms with E-state index in [1.165, 1.54) is 25.8 Å². The number of hydrogen-bond acceptors (Lipinski definition) is 1. The Morgan fingerprint density at radius 1 is 1.45 bits per heavy atom. The van der Waals surface area contributed by atoms with Crippen molar-refractivity contribution >= 4 is 0 Å². The van der Waals surface area contributed by atoms with Crippen molar-refractivity contribution in [2.75, 3.05) is 6.54 Å². The number of hydrogen-bond donors (Lipinski definition) is 1. The van der Waals surface area contributed by atoms with Gasteiger partial charge in [-0.25, -0.2) is 0 Å². The van der Waals surface area contributed by atoms with Crippen molar-refractivity contribution < 1.29 is 0 Å². The molecule has 1 fully saturated rings. The van der Waals surface area contributed by atoms with E-state index in [1.54, 1.807) is 0 Å². The monoisotopic (exact) mass is 155 g/mol. The molecule has 2 atom stereocenters. The van der Waals surface area contributed by atoms with E-state index in [0.717, 1.165) is 17.9 Å². The van der Waals surface area contributed by atoms with E-state index in [0.29, 0.717) is 0 Å². The maximum atomic E-state index is 3.49. The summed E-state index contributed by atoms with van der Waals surface area (Å²) >= 11 is 0. The summed E-state index contributed by atoms with van der Waals surface area (Å²) in [6.07, 6.45) is 4.20. The molecule has 1 nitrogen and oxygen atoms in total. The van der Waals surface area contributed by atoms with Gasteiger partial charge in [-0.05, 0) is 44.6 Å². The molecule has 1 rings (SSSR count).